The van der Waals surface area contributed by atoms with Gasteiger partial charge in [-0.3, -0.25) is 19.4 Å². The predicted octanol–water partition coefficient (Wildman–Crippen LogP) is 7.71. The molecule has 0 spiro atoms. The summed E-state index contributed by atoms with van der Waals surface area (Å²) >= 11 is 3.22. The Morgan fingerprint density at radius 3 is 1.33 bits per heavy atom. The molecule has 2 saturated heterocycles. The monoisotopic (exact) mass is 813 g/mol. The van der Waals surface area contributed by atoms with Crippen molar-refractivity contribution in [3.05, 3.63) is 52.5 Å². The summed E-state index contributed by atoms with van der Waals surface area (Å²) in [5.74, 6) is 0.232. The molecule has 10 nitrogen and oxygen atoms in total. The summed E-state index contributed by atoms with van der Waals surface area (Å²) in [5, 5.41) is 8.47. The molecule has 2 fully saturated rings. The van der Waals surface area contributed by atoms with E-state index in [0.29, 0.717) is 18.8 Å². The lowest BCUT2D eigenvalue weighted by molar-refractivity contribution is -0.329. The third-order valence-corrected chi connectivity index (χ3v) is 9.56. The van der Waals surface area contributed by atoms with E-state index in [2.05, 4.69) is 35.4 Å². The summed E-state index contributed by atoms with van der Waals surface area (Å²) in [6.45, 7) is 21.7. The van der Waals surface area contributed by atoms with Crippen molar-refractivity contribution in [3.8, 4) is 5.75 Å². The molecule has 0 atom stereocenters. The molecule has 0 unspecified atom stereocenters. The highest BCUT2D eigenvalue weighted by atomic mass is 79.9. The van der Waals surface area contributed by atoms with Crippen LogP contribution in [0.1, 0.15) is 94.2 Å². The normalized spacial score (nSPS) is 19.3. The summed E-state index contributed by atoms with van der Waals surface area (Å²) in [4.78, 5) is 7.73. The third kappa shape index (κ3) is 13.4. The Bertz CT molecular complexity index is 1400. The van der Waals surface area contributed by atoms with E-state index in [1.165, 1.54) is 24.7 Å². The standard InChI is InChI=1S/C12H24B2O4.C10H12BF3NO3.C10H11BrF3NO/c1-9(2)10(3,4)16-13(15-9)14-17-11(5,6)12(7,8)18-14;1-9(2,6-17-10(12,13)14)7-3-8(18-11-16)5-15-4-7;1-9(2,6-16-10(12,13)14)7-3-8(11)5-15-4-7/h1-8H3;3-5,16H,6H2,1-2H3;3-5H,6H2,1-2H3. The Hall–Kier alpha value is -1.93. The number of pyridine rings is 2. The van der Waals surface area contributed by atoms with E-state index in [-0.39, 0.29) is 28.2 Å². The number of nitrogens with zero attached hydrogens (tertiary/aromatic N) is 2. The largest absolute Gasteiger partial charge is 0.569 e. The zero-order valence-corrected chi connectivity index (χ0v) is 33.0. The number of hydrogen-bond acceptors (Lipinski definition) is 10. The van der Waals surface area contributed by atoms with E-state index >= 15 is 0 Å². The Morgan fingerprint density at radius 1 is 0.654 bits per heavy atom. The zero-order valence-electron chi connectivity index (χ0n) is 31.5. The molecule has 0 bridgehead atoms. The number of halogens is 7. The van der Waals surface area contributed by atoms with Crippen molar-refractivity contribution in [1.29, 1.82) is 0 Å². The molecule has 2 aliphatic heterocycles. The summed E-state index contributed by atoms with van der Waals surface area (Å²) in [5.41, 5.74) is -1.88. The molecule has 1 N–H and O–H groups in total. The van der Waals surface area contributed by atoms with Crippen molar-refractivity contribution in [2.24, 2.45) is 0 Å². The number of hydrogen-bond donors (Lipinski definition) is 1. The second-order valence-electron chi connectivity index (χ2n) is 15.5. The molecule has 4 heterocycles. The first-order valence-corrected chi connectivity index (χ1v) is 16.9. The summed E-state index contributed by atoms with van der Waals surface area (Å²) in [6, 6.07) is 3.21. The lowest BCUT2D eigenvalue weighted by Gasteiger charge is -2.32. The molecule has 2 aromatic rings. The minimum atomic E-state index is -4.67. The topological polar surface area (TPSA) is 111 Å². The fourth-order valence-corrected chi connectivity index (χ4v) is 4.75. The van der Waals surface area contributed by atoms with Gasteiger partial charge < -0.3 is 28.3 Å². The summed E-state index contributed by atoms with van der Waals surface area (Å²) in [6.07, 6.45) is -3.41. The maximum atomic E-state index is 12.0. The first kappa shape index (κ1) is 46.2. The van der Waals surface area contributed by atoms with Crippen LogP contribution in [0.15, 0.2) is 41.4 Å². The van der Waals surface area contributed by atoms with Crippen LogP contribution in [0.2, 0.25) is 0 Å². The molecule has 2 aliphatic rings. The van der Waals surface area contributed by atoms with Crippen LogP contribution in [0.25, 0.3) is 0 Å². The Kier molecular flexibility index (Phi) is 15.0. The molecule has 2 aromatic heterocycles. The van der Waals surface area contributed by atoms with Crippen LogP contribution in [0.4, 0.5) is 26.3 Å². The van der Waals surface area contributed by atoms with Gasteiger partial charge in [-0.2, -0.15) is 0 Å². The molecular formula is C32H47B3BrF6N2O8. The fraction of sp³-hybridized carbons (Fsp3) is 0.688. The minimum Gasteiger partial charge on any atom is -0.536 e. The van der Waals surface area contributed by atoms with Gasteiger partial charge in [-0.15, -0.1) is 26.3 Å². The van der Waals surface area contributed by atoms with Crippen LogP contribution in [0, 0.1) is 0 Å². The molecule has 4 rings (SSSR count). The van der Waals surface area contributed by atoms with Gasteiger partial charge in [0.05, 0.1) is 41.8 Å². The first-order chi connectivity index (χ1) is 23.3. The molecule has 52 heavy (non-hydrogen) atoms. The Labute approximate surface area is 311 Å². The highest BCUT2D eigenvalue weighted by Gasteiger charge is 2.63. The lowest BCUT2D eigenvalue weighted by atomic mass is 9.49. The second-order valence-corrected chi connectivity index (χ2v) is 16.4. The van der Waals surface area contributed by atoms with Crippen molar-refractivity contribution < 1.29 is 64.1 Å². The van der Waals surface area contributed by atoms with Gasteiger partial charge in [0.1, 0.15) is 5.75 Å². The highest BCUT2D eigenvalue weighted by molar-refractivity contribution is 9.10. The van der Waals surface area contributed by atoms with Crippen molar-refractivity contribution in [2.75, 3.05) is 13.2 Å². The number of alkyl halides is 6. The maximum Gasteiger partial charge on any atom is 0.569 e. The average Bonchev–Trinajstić information content (AvgIpc) is 3.35. The SMILES string of the molecule is CC(C)(COC(F)(F)F)c1cncc(Br)c1.CC(C)(COC(F)(F)F)c1cncc(O[B]O)c1.CC1(C)OB(B2OC(C)(C)C(C)(C)O2)OC1(C)C. The summed E-state index contributed by atoms with van der Waals surface area (Å²) in [7, 11) is -0.480. The molecule has 291 valence electrons. The van der Waals surface area contributed by atoms with E-state index < -0.39 is 50.8 Å². The summed E-state index contributed by atoms with van der Waals surface area (Å²) < 4.78 is 109. The van der Waals surface area contributed by atoms with Gasteiger partial charge in [-0.05, 0) is 94.6 Å². The highest BCUT2D eigenvalue weighted by Crippen LogP contribution is 2.43. The molecule has 0 aliphatic carbocycles. The van der Waals surface area contributed by atoms with E-state index in [1.54, 1.807) is 40.0 Å². The Morgan fingerprint density at radius 2 is 1.00 bits per heavy atom. The van der Waals surface area contributed by atoms with Gasteiger partial charge in [-0.25, -0.2) is 0 Å². The van der Waals surface area contributed by atoms with Gasteiger partial charge in [0.2, 0.25) is 0 Å². The second kappa shape index (κ2) is 16.8. The van der Waals surface area contributed by atoms with Crippen LogP contribution in [-0.4, -0.2) is 85.0 Å². The van der Waals surface area contributed by atoms with Gasteiger partial charge >= 0.3 is 34.4 Å². The average molecular weight is 814 g/mol. The molecule has 0 amide bonds. The van der Waals surface area contributed by atoms with Gasteiger partial charge in [0, 0.05) is 33.9 Å². The van der Waals surface area contributed by atoms with Crippen molar-refractivity contribution in [2.45, 2.75) is 129 Å². The van der Waals surface area contributed by atoms with E-state index in [1.807, 2.05) is 55.4 Å². The van der Waals surface area contributed by atoms with Crippen LogP contribution >= 0.6 is 15.9 Å². The third-order valence-electron chi connectivity index (χ3n) is 9.13. The predicted molar refractivity (Wildman–Crippen MR) is 187 cm³/mol. The molecule has 20 heteroatoms. The zero-order chi connectivity index (χ0) is 40.2. The number of rotatable bonds is 9. The van der Waals surface area contributed by atoms with Crippen molar-refractivity contribution >= 4 is 37.6 Å². The van der Waals surface area contributed by atoms with Gasteiger partial charge in [0.25, 0.3) is 0 Å². The smallest absolute Gasteiger partial charge is 0.536 e. The van der Waals surface area contributed by atoms with Crippen molar-refractivity contribution in [1.82, 2.24) is 9.97 Å². The van der Waals surface area contributed by atoms with Gasteiger partial charge in [-0.1, -0.05) is 27.7 Å². The quantitative estimate of drug-likeness (QED) is 0.200. The van der Waals surface area contributed by atoms with Crippen LogP contribution < -0.4 is 4.65 Å². The number of aromatic nitrogens is 2. The fourth-order valence-electron chi connectivity index (χ4n) is 4.39. The van der Waals surface area contributed by atoms with E-state index in [4.69, 9.17) is 28.3 Å². The number of ether oxygens (including phenoxy) is 2. The van der Waals surface area contributed by atoms with Crippen LogP contribution in [-0.2, 0) is 38.9 Å². The van der Waals surface area contributed by atoms with E-state index in [9.17, 15) is 26.3 Å². The first-order valence-electron chi connectivity index (χ1n) is 16.1. The minimum absolute atomic E-state index is 0.232. The van der Waals surface area contributed by atoms with Crippen LogP contribution in [0.3, 0.4) is 0 Å². The molecule has 1 radical (unpaired) electrons. The molecule has 0 aromatic carbocycles. The Balaban J connectivity index is 0.000000271. The molecule has 0 saturated carbocycles. The van der Waals surface area contributed by atoms with Gasteiger partial charge in [0.15, 0.2) is 0 Å². The van der Waals surface area contributed by atoms with Crippen molar-refractivity contribution in [3.63, 3.8) is 0 Å². The van der Waals surface area contributed by atoms with E-state index in [0.717, 1.165) is 4.47 Å². The van der Waals surface area contributed by atoms with Crippen LogP contribution in [0.5, 0.6) is 5.75 Å². The molecular weight excluding hydrogens is 767 g/mol. The lowest BCUT2D eigenvalue weighted by Crippen LogP contribution is -2.41. The maximum absolute atomic E-state index is 12.0.